The molecule has 0 fully saturated rings. The molecule has 0 aliphatic heterocycles. The molecule has 1 aromatic rings. The van der Waals surface area contributed by atoms with E-state index in [0.717, 1.165) is 35.7 Å². The standard InChI is InChI=1S/C11H13BrO.C5H9ClO/c1-2-3-4-11(13)9-5-7-10(12)8-6-9;1-2-3-4-5(6)7/h5-8H,2-4H2,1H3;2-4H2,1H3. The van der Waals surface area contributed by atoms with Crippen molar-refractivity contribution in [1.82, 2.24) is 0 Å². The number of hydrogen-bond acceptors (Lipinski definition) is 2. The number of Topliss-reactive ketones (excluding diaryl/α,β-unsaturated/α-hetero) is 1. The van der Waals surface area contributed by atoms with Crippen LogP contribution in [0.3, 0.4) is 0 Å². The Bertz CT molecular complexity index is 401. The zero-order valence-corrected chi connectivity index (χ0v) is 14.5. The Morgan fingerprint density at radius 1 is 1.00 bits per heavy atom. The van der Waals surface area contributed by atoms with Gasteiger partial charge >= 0.3 is 0 Å². The van der Waals surface area contributed by atoms with Crippen molar-refractivity contribution in [2.24, 2.45) is 0 Å². The van der Waals surface area contributed by atoms with Gasteiger partial charge in [-0.25, -0.2) is 0 Å². The van der Waals surface area contributed by atoms with Crippen LogP contribution in [-0.4, -0.2) is 11.0 Å². The van der Waals surface area contributed by atoms with Gasteiger partial charge in [-0.2, -0.15) is 0 Å². The zero-order valence-electron chi connectivity index (χ0n) is 12.1. The third kappa shape index (κ3) is 10.2. The lowest BCUT2D eigenvalue weighted by Crippen LogP contribution is -1.97. The minimum absolute atomic E-state index is 0.221. The van der Waals surface area contributed by atoms with E-state index in [2.05, 4.69) is 22.9 Å². The van der Waals surface area contributed by atoms with Crippen LogP contribution in [-0.2, 0) is 4.79 Å². The molecule has 112 valence electrons. The van der Waals surface area contributed by atoms with Gasteiger partial charge in [0.2, 0.25) is 5.24 Å². The van der Waals surface area contributed by atoms with Gasteiger partial charge in [0.25, 0.3) is 0 Å². The molecular weight excluding hydrogens is 340 g/mol. The molecule has 20 heavy (non-hydrogen) atoms. The monoisotopic (exact) mass is 360 g/mol. The van der Waals surface area contributed by atoms with Crippen molar-refractivity contribution in [1.29, 1.82) is 0 Å². The van der Waals surface area contributed by atoms with Gasteiger partial charge < -0.3 is 0 Å². The predicted molar refractivity (Wildman–Crippen MR) is 88.4 cm³/mol. The predicted octanol–water partition coefficient (Wildman–Crippen LogP) is 5.76. The summed E-state index contributed by atoms with van der Waals surface area (Å²) in [5.74, 6) is 0.245. The third-order valence-electron chi connectivity index (χ3n) is 2.65. The summed E-state index contributed by atoms with van der Waals surface area (Å²) in [6, 6.07) is 7.53. The van der Waals surface area contributed by atoms with Crippen LogP contribution in [0.1, 0.15) is 62.7 Å². The fourth-order valence-electron chi connectivity index (χ4n) is 1.43. The summed E-state index contributed by atoms with van der Waals surface area (Å²) >= 11 is 8.35. The van der Waals surface area contributed by atoms with Crippen LogP contribution < -0.4 is 0 Å². The highest BCUT2D eigenvalue weighted by Gasteiger charge is 2.03. The Balaban J connectivity index is 0.000000441. The van der Waals surface area contributed by atoms with E-state index in [4.69, 9.17) is 11.6 Å². The molecule has 0 N–H and O–H groups in total. The van der Waals surface area contributed by atoms with Gasteiger partial charge in [0.15, 0.2) is 5.78 Å². The van der Waals surface area contributed by atoms with E-state index in [-0.39, 0.29) is 11.0 Å². The SMILES string of the molecule is CCCCC(=O)Cl.CCCCC(=O)c1ccc(Br)cc1. The van der Waals surface area contributed by atoms with E-state index in [1.54, 1.807) is 0 Å². The number of ketones is 1. The first-order valence-corrected chi connectivity index (χ1v) is 8.15. The topological polar surface area (TPSA) is 34.1 Å². The van der Waals surface area contributed by atoms with Crippen LogP contribution in [0.15, 0.2) is 28.7 Å². The van der Waals surface area contributed by atoms with Crippen molar-refractivity contribution in [3.63, 3.8) is 0 Å². The molecule has 1 aromatic carbocycles. The fraction of sp³-hybridized carbons (Fsp3) is 0.500. The first-order chi connectivity index (χ1) is 9.51. The summed E-state index contributed by atoms with van der Waals surface area (Å²) in [6.07, 6.45) is 5.20. The Hall–Kier alpha value is -0.670. The Morgan fingerprint density at radius 2 is 1.50 bits per heavy atom. The maximum Gasteiger partial charge on any atom is 0.221 e. The second kappa shape index (κ2) is 12.1. The van der Waals surface area contributed by atoms with Gasteiger partial charge in [-0.05, 0) is 36.6 Å². The molecule has 0 aliphatic carbocycles. The van der Waals surface area contributed by atoms with Crippen molar-refractivity contribution >= 4 is 38.6 Å². The van der Waals surface area contributed by atoms with Crippen LogP contribution in [0.4, 0.5) is 0 Å². The van der Waals surface area contributed by atoms with Crippen LogP contribution in [0.25, 0.3) is 0 Å². The van der Waals surface area contributed by atoms with Crippen molar-refractivity contribution in [2.45, 2.75) is 52.4 Å². The molecule has 0 spiro atoms. The van der Waals surface area contributed by atoms with E-state index >= 15 is 0 Å². The van der Waals surface area contributed by atoms with Gasteiger partial charge in [0.05, 0.1) is 0 Å². The van der Waals surface area contributed by atoms with Gasteiger partial charge in [-0.1, -0.05) is 54.8 Å². The van der Waals surface area contributed by atoms with Crippen molar-refractivity contribution < 1.29 is 9.59 Å². The molecule has 0 bridgehead atoms. The minimum atomic E-state index is -0.221. The smallest absolute Gasteiger partial charge is 0.221 e. The average Bonchev–Trinajstić information content (AvgIpc) is 2.44. The van der Waals surface area contributed by atoms with E-state index in [9.17, 15) is 9.59 Å². The number of halogens is 2. The molecule has 2 nitrogen and oxygen atoms in total. The molecule has 0 aliphatic rings. The van der Waals surface area contributed by atoms with E-state index in [1.165, 1.54) is 0 Å². The maximum atomic E-state index is 11.5. The summed E-state index contributed by atoms with van der Waals surface area (Å²) in [6.45, 7) is 4.12. The van der Waals surface area contributed by atoms with Crippen molar-refractivity contribution in [2.75, 3.05) is 0 Å². The first-order valence-electron chi connectivity index (χ1n) is 6.98. The van der Waals surface area contributed by atoms with E-state index < -0.39 is 0 Å². The van der Waals surface area contributed by atoms with Crippen molar-refractivity contribution in [3.8, 4) is 0 Å². The quantitative estimate of drug-likeness (QED) is 0.457. The van der Waals surface area contributed by atoms with Crippen LogP contribution in [0, 0.1) is 0 Å². The highest BCUT2D eigenvalue weighted by atomic mass is 79.9. The molecule has 0 atom stereocenters. The molecule has 1 rings (SSSR count). The van der Waals surface area contributed by atoms with Crippen LogP contribution >= 0.6 is 27.5 Å². The lowest BCUT2D eigenvalue weighted by Gasteiger charge is -1.99. The molecule has 0 radical (unpaired) electrons. The number of benzene rings is 1. The molecular formula is C16H22BrClO2. The summed E-state index contributed by atoms with van der Waals surface area (Å²) in [5, 5.41) is -0.221. The van der Waals surface area contributed by atoms with Gasteiger partial charge in [-0.3, -0.25) is 9.59 Å². The van der Waals surface area contributed by atoms with Crippen molar-refractivity contribution in [3.05, 3.63) is 34.3 Å². The minimum Gasteiger partial charge on any atom is -0.294 e. The normalized spacial score (nSPS) is 9.60. The highest BCUT2D eigenvalue weighted by Crippen LogP contribution is 2.12. The van der Waals surface area contributed by atoms with Gasteiger partial charge in [-0.15, -0.1) is 0 Å². The molecule has 4 heteroatoms. The Labute approximate surface area is 135 Å². The first kappa shape index (κ1) is 19.3. The second-order valence-corrected chi connectivity index (χ2v) is 5.83. The number of hydrogen-bond donors (Lipinski definition) is 0. The molecule has 0 aromatic heterocycles. The maximum absolute atomic E-state index is 11.5. The summed E-state index contributed by atoms with van der Waals surface area (Å²) in [7, 11) is 0. The lowest BCUT2D eigenvalue weighted by atomic mass is 10.1. The van der Waals surface area contributed by atoms with Gasteiger partial charge in [0, 0.05) is 22.9 Å². The average molecular weight is 362 g/mol. The van der Waals surface area contributed by atoms with E-state index in [1.807, 2.05) is 31.2 Å². The second-order valence-electron chi connectivity index (χ2n) is 4.49. The number of unbranched alkanes of at least 4 members (excludes halogenated alkanes) is 2. The van der Waals surface area contributed by atoms with Crippen LogP contribution in [0.5, 0.6) is 0 Å². The lowest BCUT2D eigenvalue weighted by molar-refractivity contribution is -0.111. The largest absolute Gasteiger partial charge is 0.294 e. The molecule has 0 saturated carbocycles. The van der Waals surface area contributed by atoms with Crippen LogP contribution in [0.2, 0.25) is 0 Å². The Kier molecular flexibility index (Phi) is 11.7. The summed E-state index contributed by atoms with van der Waals surface area (Å²) in [5.41, 5.74) is 0.816. The third-order valence-corrected chi connectivity index (χ3v) is 3.37. The summed E-state index contributed by atoms with van der Waals surface area (Å²) in [4.78, 5) is 21.5. The van der Waals surface area contributed by atoms with E-state index in [0.29, 0.717) is 12.8 Å². The zero-order chi connectivity index (χ0) is 15.4. The molecule has 0 heterocycles. The van der Waals surface area contributed by atoms with Gasteiger partial charge in [0.1, 0.15) is 0 Å². The number of carbonyl (C=O) groups excluding carboxylic acids is 2. The fourth-order valence-corrected chi connectivity index (χ4v) is 1.83. The Morgan fingerprint density at radius 3 is 1.90 bits per heavy atom. The molecule has 0 amide bonds. The number of carbonyl (C=O) groups is 2. The highest BCUT2D eigenvalue weighted by molar-refractivity contribution is 9.10. The number of rotatable bonds is 7. The molecule has 0 saturated heterocycles. The molecule has 0 unspecified atom stereocenters. The summed E-state index contributed by atoms with van der Waals surface area (Å²) < 4.78 is 1.01.